The first-order valence-corrected chi connectivity index (χ1v) is 13.2. The number of aromatic nitrogens is 2. The Morgan fingerprint density at radius 2 is 1.85 bits per heavy atom. The lowest BCUT2D eigenvalue weighted by atomic mass is 9.97. The Morgan fingerprint density at radius 1 is 1.09 bits per heavy atom. The number of nitrogens with zero attached hydrogens (tertiary/aromatic N) is 4. The van der Waals surface area contributed by atoms with Gasteiger partial charge in [0.05, 0.1) is 31.7 Å². The number of fused-ring (bicyclic) bond motifs is 1. The molecule has 1 aromatic carbocycles. The van der Waals surface area contributed by atoms with Crippen LogP contribution in [0.15, 0.2) is 36.8 Å². The van der Waals surface area contributed by atoms with Crippen molar-refractivity contribution < 1.29 is 17.2 Å². The highest BCUT2D eigenvalue weighted by Crippen LogP contribution is 2.37. The van der Waals surface area contributed by atoms with Crippen LogP contribution >= 0.6 is 0 Å². The van der Waals surface area contributed by atoms with Gasteiger partial charge in [0.1, 0.15) is 0 Å². The van der Waals surface area contributed by atoms with Gasteiger partial charge in [-0.15, -0.1) is 0 Å². The number of nitrogens with one attached hydrogen (secondary N) is 1. The Balaban J connectivity index is 1.46. The zero-order chi connectivity index (χ0) is 23.1. The summed E-state index contributed by atoms with van der Waals surface area (Å²) in [4.78, 5) is 9.58. The second-order valence-electron chi connectivity index (χ2n) is 9.64. The summed E-state index contributed by atoms with van der Waals surface area (Å²) in [5.41, 5.74) is 2.83. The van der Waals surface area contributed by atoms with Gasteiger partial charge in [-0.25, -0.2) is 13.8 Å². The number of anilines is 1. The van der Waals surface area contributed by atoms with E-state index in [9.17, 15) is 17.2 Å². The highest BCUT2D eigenvalue weighted by atomic mass is 32.2. The van der Waals surface area contributed by atoms with Crippen LogP contribution in [0, 0.1) is 5.92 Å². The third-order valence-corrected chi connectivity index (χ3v) is 9.09. The number of para-hydroxylation sites is 1. The van der Waals surface area contributed by atoms with Gasteiger partial charge in [-0.1, -0.05) is 43.9 Å². The van der Waals surface area contributed by atoms with Gasteiger partial charge in [-0.05, 0) is 30.4 Å². The minimum atomic E-state index is -3.98. The van der Waals surface area contributed by atoms with E-state index in [0.717, 1.165) is 34.1 Å². The topological polar surface area (TPSA) is 72.5 Å². The summed E-state index contributed by atoms with van der Waals surface area (Å²) in [7, 11) is -3.98. The van der Waals surface area contributed by atoms with Crippen LogP contribution in [0.25, 0.3) is 0 Å². The lowest BCUT2D eigenvalue weighted by molar-refractivity contribution is -0.0965. The first-order chi connectivity index (χ1) is 15.8. The number of H-pyrrole nitrogens is 1. The maximum Gasteiger partial charge on any atom is 0.282 e. The van der Waals surface area contributed by atoms with E-state index >= 15 is 0 Å². The van der Waals surface area contributed by atoms with Gasteiger partial charge in [-0.3, -0.25) is 0 Å². The molecule has 1 aliphatic carbocycles. The van der Waals surface area contributed by atoms with Crippen LogP contribution in [0.1, 0.15) is 49.8 Å². The van der Waals surface area contributed by atoms with Crippen LogP contribution in [-0.2, 0) is 23.3 Å². The summed E-state index contributed by atoms with van der Waals surface area (Å²) in [6.07, 6.45) is 10.3. The molecule has 2 aromatic rings. The minimum absolute atomic E-state index is 0.0610. The summed E-state index contributed by atoms with van der Waals surface area (Å²) in [5.74, 6) is -2.26. The number of aromatic amines is 1. The van der Waals surface area contributed by atoms with Gasteiger partial charge in [0, 0.05) is 31.0 Å². The number of hydrogen-bond donors (Lipinski definition) is 1. The molecule has 0 spiro atoms. The molecule has 0 unspecified atom stereocenters. The van der Waals surface area contributed by atoms with Crippen LogP contribution in [0.4, 0.5) is 14.5 Å². The predicted molar refractivity (Wildman–Crippen MR) is 122 cm³/mol. The van der Waals surface area contributed by atoms with Crippen LogP contribution in [0.5, 0.6) is 0 Å². The molecule has 0 amide bonds. The number of imidazole rings is 1. The second-order valence-corrected chi connectivity index (χ2v) is 11.6. The van der Waals surface area contributed by atoms with Gasteiger partial charge in [0.15, 0.2) is 0 Å². The first-order valence-electron chi connectivity index (χ1n) is 11.8. The van der Waals surface area contributed by atoms with E-state index in [0.29, 0.717) is 12.5 Å². The van der Waals surface area contributed by atoms with Gasteiger partial charge in [-0.2, -0.15) is 17.0 Å². The molecular weight excluding hydrogens is 448 g/mol. The van der Waals surface area contributed by atoms with E-state index in [4.69, 9.17) is 0 Å². The molecule has 1 saturated carbocycles. The summed E-state index contributed by atoms with van der Waals surface area (Å²) in [6.45, 7) is -0.432. The van der Waals surface area contributed by atoms with Crippen molar-refractivity contribution in [3.8, 4) is 0 Å². The molecule has 0 bridgehead atoms. The Kier molecular flexibility index (Phi) is 6.17. The zero-order valence-electron chi connectivity index (χ0n) is 18.7. The maximum atomic E-state index is 13.5. The Hall–Kier alpha value is -2.04. The number of alkyl halides is 2. The van der Waals surface area contributed by atoms with Crippen molar-refractivity contribution in [1.29, 1.82) is 0 Å². The summed E-state index contributed by atoms with van der Waals surface area (Å²) >= 11 is 0. The second kappa shape index (κ2) is 8.96. The van der Waals surface area contributed by atoms with Gasteiger partial charge in [0.2, 0.25) is 0 Å². The molecule has 1 N–H and O–H groups in total. The van der Waals surface area contributed by atoms with Crippen molar-refractivity contribution in [2.75, 3.05) is 24.5 Å². The zero-order valence-corrected chi connectivity index (χ0v) is 19.5. The molecule has 2 fully saturated rings. The lowest BCUT2D eigenvalue weighted by Crippen LogP contribution is -2.62. The monoisotopic (exact) mass is 479 g/mol. The fraction of sp³-hybridized carbons (Fsp3) is 0.609. The van der Waals surface area contributed by atoms with E-state index in [1.54, 1.807) is 12.5 Å². The average Bonchev–Trinajstić information content (AvgIpc) is 3.44. The SMILES string of the molecule is O=S(=O)(N1Cc2ccccc2N(Cc2cnc[nH]2)[C@@H](CCC2CCCC2)C1)N1CC(F)(F)C1. The summed E-state index contributed by atoms with van der Waals surface area (Å²) < 4.78 is 56.0. The Labute approximate surface area is 194 Å². The molecule has 3 heterocycles. The fourth-order valence-electron chi connectivity index (χ4n) is 5.42. The molecule has 2 aliphatic heterocycles. The number of benzene rings is 1. The molecule has 5 rings (SSSR count). The van der Waals surface area contributed by atoms with Crippen LogP contribution in [0.3, 0.4) is 0 Å². The molecule has 1 saturated heterocycles. The molecule has 10 heteroatoms. The minimum Gasteiger partial charge on any atom is -0.361 e. The normalized spacial score (nSPS) is 24.4. The summed E-state index contributed by atoms with van der Waals surface area (Å²) in [5, 5.41) is 0. The van der Waals surface area contributed by atoms with Crippen LogP contribution in [0.2, 0.25) is 0 Å². The van der Waals surface area contributed by atoms with E-state index < -0.39 is 29.2 Å². The predicted octanol–water partition coefficient (Wildman–Crippen LogP) is 3.77. The third kappa shape index (κ3) is 4.79. The number of hydrogen-bond acceptors (Lipinski definition) is 4. The van der Waals surface area contributed by atoms with Crippen molar-refractivity contribution in [1.82, 2.24) is 18.6 Å². The number of halogens is 2. The molecule has 0 radical (unpaired) electrons. The Morgan fingerprint density at radius 3 is 2.55 bits per heavy atom. The molecule has 1 aromatic heterocycles. The highest BCUT2D eigenvalue weighted by Gasteiger charge is 2.51. The summed E-state index contributed by atoms with van der Waals surface area (Å²) in [6, 6.07) is 7.76. The van der Waals surface area contributed by atoms with Gasteiger partial charge < -0.3 is 9.88 Å². The molecule has 7 nitrogen and oxygen atoms in total. The van der Waals surface area contributed by atoms with Crippen molar-refractivity contribution in [2.45, 2.75) is 63.6 Å². The molecular formula is C23H31F2N5O2S. The van der Waals surface area contributed by atoms with Crippen LogP contribution in [-0.4, -0.2) is 58.6 Å². The molecule has 180 valence electrons. The van der Waals surface area contributed by atoms with E-state index in [1.807, 2.05) is 24.3 Å². The largest absolute Gasteiger partial charge is 0.361 e. The molecule has 33 heavy (non-hydrogen) atoms. The molecule has 1 atom stereocenters. The fourth-order valence-corrected chi connectivity index (χ4v) is 7.12. The van der Waals surface area contributed by atoms with E-state index in [-0.39, 0.29) is 19.1 Å². The van der Waals surface area contributed by atoms with Gasteiger partial charge >= 0.3 is 0 Å². The van der Waals surface area contributed by atoms with Crippen molar-refractivity contribution in [2.24, 2.45) is 5.92 Å². The third-order valence-electron chi connectivity index (χ3n) is 7.25. The molecule has 3 aliphatic rings. The quantitative estimate of drug-likeness (QED) is 0.656. The van der Waals surface area contributed by atoms with E-state index in [1.165, 1.54) is 30.0 Å². The Bertz CT molecular complexity index is 1050. The van der Waals surface area contributed by atoms with E-state index in [2.05, 4.69) is 14.9 Å². The van der Waals surface area contributed by atoms with Gasteiger partial charge in [0.25, 0.3) is 16.1 Å². The van der Waals surface area contributed by atoms with Crippen molar-refractivity contribution in [3.05, 3.63) is 48.0 Å². The lowest BCUT2D eigenvalue weighted by Gasteiger charge is -2.41. The highest BCUT2D eigenvalue weighted by molar-refractivity contribution is 7.86. The van der Waals surface area contributed by atoms with Crippen LogP contribution < -0.4 is 4.90 Å². The number of rotatable bonds is 7. The standard InChI is InChI=1S/C23H31F2N5O2S/c24-23(25)15-29(16-23)33(31,32)28-12-19-7-3-4-8-22(19)30(13-20-11-26-17-27-20)21(14-28)10-9-18-5-1-2-6-18/h3-4,7-8,11,17-18,21H,1-2,5-6,9-10,12-16H2,(H,26,27)/t21-/m0/s1. The first kappa shape index (κ1) is 22.7. The van der Waals surface area contributed by atoms with Crippen molar-refractivity contribution >= 4 is 15.9 Å². The smallest absolute Gasteiger partial charge is 0.282 e. The van der Waals surface area contributed by atoms with Crippen molar-refractivity contribution in [3.63, 3.8) is 0 Å². The average molecular weight is 480 g/mol. The maximum absolute atomic E-state index is 13.5.